The number of aliphatic hydroxyl groups is 1. The molecule has 0 fully saturated rings. The molecule has 6 heteroatoms. The van der Waals surface area contributed by atoms with Gasteiger partial charge in [0.15, 0.2) is 0 Å². The number of carbonyl (C=O) groups is 1. The molecule has 0 bridgehead atoms. The van der Waals surface area contributed by atoms with Gasteiger partial charge in [0.25, 0.3) is 11.5 Å². The summed E-state index contributed by atoms with van der Waals surface area (Å²) in [6.07, 6.45) is 2.22. The Morgan fingerprint density at radius 1 is 1.38 bits per heavy atom. The number of amides is 1. The summed E-state index contributed by atoms with van der Waals surface area (Å²) in [5.41, 5.74) is 0.0977. The Bertz CT molecular complexity index is 707. The lowest BCUT2D eigenvalue weighted by molar-refractivity contribution is 0.0576. The molecule has 2 aromatic rings. The van der Waals surface area contributed by atoms with E-state index >= 15 is 0 Å². The van der Waals surface area contributed by atoms with Crippen molar-refractivity contribution in [3.8, 4) is 0 Å². The molecule has 0 saturated carbocycles. The van der Waals surface area contributed by atoms with Gasteiger partial charge >= 0.3 is 0 Å². The molecule has 0 radical (unpaired) electrons. The van der Waals surface area contributed by atoms with E-state index in [4.69, 9.17) is 0 Å². The molecular formula is C15H19N3O3. The van der Waals surface area contributed by atoms with E-state index in [2.05, 4.69) is 4.98 Å². The predicted octanol–water partition coefficient (Wildman–Crippen LogP) is 0.926. The molecule has 0 aliphatic rings. The molecule has 2 aromatic heterocycles. The smallest absolute Gasteiger partial charge is 0.270 e. The number of fused-ring (bicyclic) bond motifs is 1. The zero-order chi connectivity index (χ0) is 15.6. The number of hydrogen-bond acceptors (Lipinski definition) is 4. The fraction of sp³-hybridized carbons (Fsp3) is 0.400. The summed E-state index contributed by atoms with van der Waals surface area (Å²) in [5, 5.41) is 9.52. The van der Waals surface area contributed by atoms with E-state index in [-0.39, 0.29) is 18.2 Å². The van der Waals surface area contributed by atoms with Gasteiger partial charge in [-0.25, -0.2) is 4.98 Å². The van der Waals surface area contributed by atoms with Crippen LogP contribution in [0, 0.1) is 0 Å². The minimum absolute atomic E-state index is 0.00745. The van der Waals surface area contributed by atoms with Crippen molar-refractivity contribution < 1.29 is 9.90 Å². The quantitative estimate of drug-likeness (QED) is 0.908. The van der Waals surface area contributed by atoms with Crippen LogP contribution in [0.1, 0.15) is 31.1 Å². The first-order valence-electron chi connectivity index (χ1n) is 6.87. The van der Waals surface area contributed by atoms with Gasteiger partial charge in [0.05, 0.1) is 6.10 Å². The maximum Gasteiger partial charge on any atom is 0.270 e. The summed E-state index contributed by atoms with van der Waals surface area (Å²) in [7, 11) is 0. The Kier molecular flexibility index (Phi) is 4.37. The van der Waals surface area contributed by atoms with Gasteiger partial charge in [0.1, 0.15) is 11.2 Å². The van der Waals surface area contributed by atoms with Crippen LogP contribution in [-0.2, 0) is 0 Å². The second-order valence-electron chi connectivity index (χ2n) is 5.31. The molecule has 2 rings (SSSR count). The summed E-state index contributed by atoms with van der Waals surface area (Å²) in [6.45, 7) is 5.46. The molecule has 1 unspecified atom stereocenters. The van der Waals surface area contributed by atoms with Gasteiger partial charge in [-0.1, -0.05) is 6.07 Å². The van der Waals surface area contributed by atoms with Crippen molar-refractivity contribution in [3.05, 3.63) is 46.5 Å². The highest BCUT2D eigenvalue weighted by Crippen LogP contribution is 2.07. The van der Waals surface area contributed by atoms with Crippen LogP contribution in [0.25, 0.3) is 5.65 Å². The highest BCUT2D eigenvalue weighted by Gasteiger charge is 2.23. The van der Waals surface area contributed by atoms with Crippen LogP contribution < -0.4 is 5.56 Å². The lowest BCUT2D eigenvalue weighted by Gasteiger charge is -2.27. The molecule has 6 nitrogen and oxygen atoms in total. The van der Waals surface area contributed by atoms with Crippen LogP contribution in [0.15, 0.2) is 35.4 Å². The molecule has 0 aromatic carbocycles. The summed E-state index contributed by atoms with van der Waals surface area (Å²) in [4.78, 5) is 30.6. The van der Waals surface area contributed by atoms with Crippen LogP contribution in [0.2, 0.25) is 0 Å². The number of pyridine rings is 1. The van der Waals surface area contributed by atoms with Crippen molar-refractivity contribution >= 4 is 11.6 Å². The Morgan fingerprint density at radius 3 is 2.71 bits per heavy atom. The predicted molar refractivity (Wildman–Crippen MR) is 79.3 cm³/mol. The Balaban J connectivity index is 2.47. The third-order valence-electron chi connectivity index (χ3n) is 3.19. The van der Waals surface area contributed by atoms with Crippen molar-refractivity contribution in [2.24, 2.45) is 0 Å². The van der Waals surface area contributed by atoms with Gasteiger partial charge < -0.3 is 10.0 Å². The maximum absolute atomic E-state index is 12.5. The number of aliphatic hydroxyl groups excluding tert-OH is 1. The Morgan fingerprint density at radius 2 is 2.10 bits per heavy atom. The number of nitrogens with zero attached hydrogens (tertiary/aromatic N) is 3. The third kappa shape index (κ3) is 3.11. The van der Waals surface area contributed by atoms with Gasteiger partial charge in [-0.3, -0.25) is 14.0 Å². The Hall–Kier alpha value is -2.21. The van der Waals surface area contributed by atoms with Gasteiger partial charge in [-0.05, 0) is 32.9 Å². The zero-order valence-electron chi connectivity index (χ0n) is 12.4. The lowest BCUT2D eigenvalue weighted by Crippen LogP contribution is -2.43. The van der Waals surface area contributed by atoms with Crippen molar-refractivity contribution in [1.29, 1.82) is 0 Å². The van der Waals surface area contributed by atoms with Gasteiger partial charge in [0.2, 0.25) is 0 Å². The second-order valence-corrected chi connectivity index (χ2v) is 5.31. The SMILES string of the molecule is CC(O)CN(C(=O)c1cnc2ccccn2c1=O)C(C)C. The zero-order valence-corrected chi connectivity index (χ0v) is 12.4. The van der Waals surface area contributed by atoms with E-state index in [0.29, 0.717) is 5.65 Å². The normalized spacial score (nSPS) is 12.6. The molecule has 0 aliphatic heterocycles. The number of carbonyl (C=O) groups excluding carboxylic acids is 1. The standard InChI is InChI=1S/C15H19N3O3/c1-10(2)18(9-11(3)19)15(21)12-8-16-13-6-4-5-7-17(13)14(12)20/h4-8,10-11,19H,9H2,1-3H3. The highest BCUT2D eigenvalue weighted by molar-refractivity contribution is 5.94. The van der Waals surface area contributed by atoms with E-state index in [1.165, 1.54) is 15.5 Å². The minimum atomic E-state index is -0.660. The first kappa shape index (κ1) is 15.2. The van der Waals surface area contributed by atoms with Gasteiger partial charge in [-0.2, -0.15) is 0 Å². The topological polar surface area (TPSA) is 74.9 Å². The van der Waals surface area contributed by atoms with Crippen LogP contribution in [-0.4, -0.2) is 44.0 Å². The number of hydrogen-bond donors (Lipinski definition) is 1. The molecule has 21 heavy (non-hydrogen) atoms. The van der Waals surface area contributed by atoms with E-state index < -0.39 is 17.6 Å². The largest absolute Gasteiger partial charge is 0.392 e. The van der Waals surface area contributed by atoms with Crippen molar-refractivity contribution in [3.63, 3.8) is 0 Å². The van der Waals surface area contributed by atoms with Crippen LogP contribution in [0.3, 0.4) is 0 Å². The summed E-state index contributed by atoms with van der Waals surface area (Å²) < 4.78 is 1.34. The molecule has 112 valence electrons. The molecular weight excluding hydrogens is 270 g/mol. The summed E-state index contributed by atoms with van der Waals surface area (Å²) in [5.74, 6) is -0.415. The fourth-order valence-corrected chi connectivity index (χ4v) is 2.14. The van der Waals surface area contributed by atoms with Crippen LogP contribution in [0.5, 0.6) is 0 Å². The average molecular weight is 289 g/mol. The molecule has 0 saturated heterocycles. The number of rotatable bonds is 4. The van der Waals surface area contributed by atoms with Crippen LogP contribution in [0.4, 0.5) is 0 Å². The lowest BCUT2D eigenvalue weighted by atomic mass is 10.2. The summed E-state index contributed by atoms with van der Waals surface area (Å²) >= 11 is 0. The molecule has 1 N–H and O–H groups in total. The van der Waals surface area contributed by atoms with E-state index in [9.17, 15) is 14.7 Å². The molecule has 0 spiro atoms. The first-order chi connectivity index (χ1) is 9.91. The fourth-order valence-electron chi connectivity index (χ4n) is 2.14. The van der Waals surface area contributed by atoms with Crippen molar-refractivity contribution in [2.45, 2.75) is 32.9 Å². The average Bonchev–Trinajstić information content (AvgIpc) is 2.44. The van der Waals surface area contributed by atoms with E-state index in [1.54, 1.807) is 31.3 Å². The van der Waals surface area contributed by atoms with Gasteiger partial charge in [0, 0.05) is 25.0 Å². The van der Waals surface area contributed by atoms with Crippen LogP contribution >= 0.6 is 0 Å². The highest BCUT2D eigenvalue weighted by atomic mass is 16.3. The first-order valence-corrected chi connectivity index (χ1v) is 6.87. The molecule has 1 amide bonds. The minimum Gasteiger partial charge on any atom is -0.392 e. The van der Waals surface area contributed by atoms with Crippen molar-refractivity contribution in [1.82, 2.24) is 14.3 Å². The molecule has 2 heterocycles. The number of aromatic nitrogens is 2. The maximum atomic E-state index is 12.5. The van der Waals surface area contributed by atoms with Gasteiger partial charge in [-0.15, -0.1) is 0 Å². The van der Waals surface area contributed by atoms with E-state index in [0.717, 1.165) is 0 Å². The van der Waals surface area contributed by atoms with Crippen molar-refractivity contribution in [2.75, 3.05) is 6.54 Å². The van der Waals surface area contributed by atoms with E-state index in [1.807, 2.05) is 13.8 Å². The third-order valence-corrected chi connectivity index (χ3v) is 3.19. The molecule has 1 atom stereocenters. The molecule has 0 aliphatic carbocycles. The monoisotopic (exact) mass is 289 g/mol. The Labute approximate surface area is 122 Å². The summed E-state index contributed by atoms with van der Waals surface area (Å²) in [6, 6.07) is 5.06. The second kappa shape index (κ2) is 6.05.